The van der Waals surface area contributed by atoms with Crippen molar-refractivity contribution in [2.45, 2.75) is 5.79 Å². The molecule has 7 heteroatoms. The quantitative estimate of drug-likeness (QED) is 0.744. The second kappa shape index (κ2) is 5.74. The van der Waals surface area contributed by atoms with Gasteiger partial charge >= 0.3 is 0 Å². The molecule has 3 rings (SSSR count). The molecule has 0 aromatic carbocycles. The highest BCUT2D eigenvalue weighted by atomic mass is 15.4. The molecule has 1 aliphatic rings. The third-order valence-corrected chi connectivity index (χ3v) is 3.11. The van der Waals surface area contributed by atoms with Crippen LogP contribution in [0.5, 0.6) is 0 Å². The molecule has 0 radical (unpaired) electrons. The molecule has 0 amide bonds. The third kappa shape index (κ3) is 2.84. The largest absolute Gasteiger partial charge is 0.385 e. The van der Waals surface area contributed by atoms with Crippen LogP contribution in [-0.2, 0) is 0 Å². The predicted octanol–water partition coefficient (Wildman–Crippen LogP) is 1.66. The normalized spacial score (nSPS) is 21.1. The molecule has 0 aliphatic carbocycles. The van der Waals surface area contributed by atoms with Crippen molar-refractivity contribution >= 4 is 11.4 Å². The molecule has 110 valence electrons. The van der Waals surface area contributed by atoms with E-state index in [9.17, 15) is 0 Å². The van der Waals surface area contributed by atoms with Crippen LogP contribution in [0.15, 0.2) is 77.1 Å². The van der Waals surface area contributed by atoms with Gasteiger partial charge in [0.1, 0.15) is 0 Å². The monoisotopic (exact) mass is 293 g/mol. The smallest absolute Gasteiger partial charge is 0.230 e. The van der Waals surface area contributed by atoms with Crippen LogP contribution in [0.4, 0.5) is 5.82 Å². The molecule has 1 aliphatic heterocycles. The van der Waals surface area contributed by atoms with Gasteiger partial charge in [0.2, 0.25) is 5.79 Å². The summed E-state index contributed by atoms with van der Waals surface area (Å²) in [7, 11) is 0. The van der Waals surface area contributed by atoms with E-state index in [-0.39, 0.29) is 0 Å². The molecule has 0 spiro atoms. The summed E-state index contributed by atoms with van der Waals surface area (Å²) in [4.78, 5) is 8.19. The van der Waals surface area contributed by atoms with E-state index in [0.717, 1.165) is 11.1 Å². The first-order chi connectivity index (χ1) is 10.7. The van der Waals surface area contributed by atoms with E-state index < -0.39 is 5.79 Å². The maximum atomic E-state index is 6.36. The Bertz CT molecular complexity index is 737. The van der Waals surface area contributed by atoms with Crippen LogP contribution in [0.1, 0.15) is 5.56 Å². The molecule has 5 N–H and O–H groups in total. The molecular weight excluding hydrogens is 278 g/mol. The molecular formula is C15H15N7. The summed E-state index contributed by atoms with van der Waals surface area (Å²) >= 11 is 0. The minimum absolute atomic E-state index is 0.412. The zero-order valence-corrected chi connectivity index (χ0v) is 11.7. The Hall–Kier alpha value is -3.06. The standard InChI is InChI=1S/C15H15N7/c16-13-7-6-12(11-4-3-8-18-10-11)15(17,20-13)22-21-14-5-1-2-9-19-14/h1-10,20H,16-17H2. The molecule has 1 atom stereocenters. The Morgan fingerprint density at radius 2 is 2.00 bits per heavy atom. The maximum absolute atomic E-state index is 6.36. The van der Waals surface area contributed by atoms with Gasteiger partial charge in [-0.05, 0) is 30.4 Å². The summed E-state index contributed by atoms with van der Waals surface area (Å²) in [6.07, 6.45) is 8.57. The summed E-state index contributed by atoms with van der Waals surface area (Å²) in [6.45, 7) is 0. The maximum Gasteiger partial charge on any atom is 0.230 e. The zero-order valence-electron chi connectivity index (χ0n) is 11.7. The Morgan fingerprint density at radius 1 is 1.09 bits per heavy atom. The van der Waals surface area contributed by atoms with Crippen molar-refractivity contribution in [3.05, 3.63) is 72.5 Å². The van der Waals surface area contributed by atoms with Gasteiger partial charge < -0.3 is 11.1 Å². The van der Waals surface area contributed by atoms with Gasteiger partial charge in [0.05, 0.1) is 5.82 Å². The lowest BCUT2D eigenvalue weighted by Crippen LogP contribution is -2.54. The van der Waals surface area contributed by atoms with Crippen LogP contribution in [0.25, 0.3) is 5.57 Å². The zero-order chi connectivity index (χ0) is 15.4. The fraction of sp³-hybridized carbons (Fsp3) is 0.0667. The Kier molecular flexibility index (Phi) is 3.63. The number of nitrogens with two attached hydrogens (primary N) is 2. The summed E-state index contributed by atoms with van der Waals surface area (Å²) in [5.74, 6) is -0.401. The summed E-state index contributed by atoms with van der Waals surface area (Å²) in [6, 6.07) is 9.09. The lowest BCUT2D eigenvalue weighted by atomic mass is 9.98. The number of pyridine rings is 2. The number of hydrogen-bond acceptors (Lipinski definition) is 7. The number of hydrogen-bond donors (Lipinski definition) is 3. The van der Waals surface area contributed by atoms with Gasteiger partial charge in [0.15, 0.2) is 5.82 Å². The molecule has 0 saturated carbocycles. The number of nitrogens with one attached hydrogen (secondary N) is 1. The Morgan fingerprint density at radius 3 is 2.73 bits per heavy atom. The molecule has 22 heavy (non-hydrogen) atoms. The Labute approximate surface area is 127 Å². The van der Waals surface area contributed by atoms with Crippen LogP contribution in [-0.4, -0.2) is 15.8 Å². The van der Waals surface area contributed by atoms with Crippen molar-refractivity contribution in [3.8, 4) is 0 Å². The van der Waals surface area contributed by atoms with Crippen LogP contribution in [0, 0.1) is 0 Å². The predicted molar refractivity (Wildman–Crippen MR) is 83.3 cm³/mol. The van der Waals surface area contributed by atoms with Gasteiger partial charge in [-0.3, -0.25) is 10.7 Å². The first kappa shape index (κ1) is 13.9. The second-order valence-corrected chi connectivity index (χ2v) is 4.72. The van der Waals surface area contributed by atoms with Crippen LogP contribution in [0.3, 0.4) is 0 Å². The lowest BCUT2D eigenvalue weighted by Gasteiger charge is -2.31. The number of rotatable bonds is 3. The van der Waals surface area contributed by atoms with Crippen molar-refractivity contribution in [2.24, 2.45) is 21.7 Å². The molecule has 7 nitrogen and oxygen atoms in total. The Balaban J connectivity index is 1.98. The van der Waals surface area contributed by atoms with Crippen molar-refractivity contribution in [1.82, 2.24) is 15.3 Å². The van der Waals surface area contributed by atoms with E-state index >= 15 is 0 Å². The van der Waals surface area contributed by atoms with Gasteiger partial charge in [-0.2, -0.15) is 0 Å². The summed E-state index contributed by atoms with van der Waals surface area (Å²) < 4.78 is 0. The SMILES string of the molecule is NC1=CC=C(c2cccnc2)C(N)(N=Nc2ccccn2)N1. The molecule has 0 fully saturated rings. The minimum atomic E-state index is -1.28. The van der Waals surface area contributed by atoms with E-state index in [2.05, 4.69) is 25.5 Å². The number of nitrogens with zero attached hydrogens (tertiary/aromatic N) is 4. The highest BCUT2D eigenvalue weighted by molar-refractivity contribution is 5.74. The number of dihydropyridines is 1. The van der Waals surface area contributed by atoms with E-state index in [1.165, 1.54) is 0 Å². The molecule has 3 heterocycles. The van der Waals surface area contributed by atoms with Crippen molar-refractivity contribution in [1.29, 1.82) is 0 Å². The van der Waals surface area contributed by atoms with E-state index in [1.807, 2.05) is 18.2 Å². The van der Waals surface area contributed by atoms with Crippen molar-refractivity contribution in [3.63, 3.8) is 0 Å². The number of allylic oxidation sites excluding steroid dienone is 2. The number of azo groups is 1. The van der Waals surface area contributed by atoms with Crippen LogP contribution < -0.4 is 16.8 Å². The molecule has 2 aromatic rings. The average Bonchev–Trinajstić information content (AvgIpc) is 2.55. The molecule has 2 aromatic heterocycles. The minimum Gasteiger partial charge on any atom is -0.385 e. The average molecular weight is 293 g/mol. The third-order valence-electron chi connectivity index (χ3n) is 3.11. The first-order valence-corrected chi connectivity index (χ1v) is 6.67. The summed E-state index contributed by atoms with van der Waals surface area (Å²) in [5.41, 5.74) is 13.7. The van der Waals surface area contributed by atoms with Crippen molar-refractivity contribution < 1.29 is 0 Å². The van der Waals surface area contributed by atoms with Crippen LogP contribution in [0.2, 0.25) is 0 Å². The fourth-order valence-corrected chi connectivity index (χ4v) is 2.09. The number of aromatic nitrogens is 2. The van der Waals surface area contributed by atoms with Gasteiger partial charge in [-0.25, -0.2) is 4.98 Å². The van der Waals surface area contributed by atoms with E-state index in [4.69, 9.17) is 11.5 Å². The highest BCUT2D eigenvalue weighted by Gasteiger charge is 2.33. The first-order valence-electron chi connectivity index (χ1n) is 6.67. The van der Waals surface area contributed by atoms with Gasteiger partial charge in [-0.1, -0.05) is 12.1 Å². The van der Waals surface area contributed by atoms with Gasteiger partial charge in [0.25, 0.3) is 0 Å². The van der Waals surface area contributed by atoms with Gasteiger partial charge in [-0.15, -0.1) is 10.2 Å². The molecule has 1 unspecified atom stereocenters. The van der Waals surface area contributed by atoms with E-state index in [0.29, 0.717) is 11.6 Å². The van der Waals surface area contributed by atoms with Crippen molar-refractivity contribution in [2.75, 3.05) is 0 Å². The summed E-state index contributed by atoms with van der Waals surface area (Å²) in [5, 5.41) is 11.2. The molecule has 0 bridgehead atoms. The lowest BCUT2D eigenvalue weighted by molar-refractivity contribution is 0.467. The van der Waals surface area contributed by atoms with E-state index in [1.54, 1.807) is 42.9 Å². The second-order valence-electron chi connectivity index (χ2n) is 4.72. The topological polar surface area (TPSA) is 115 Å². The van der Waals surface area contributed by atoms with Gasteiger partial charge in [0, 0.05) is 29.7 Å². The molecule has 0 saturated heterocycles. The van der Waals surface area contributed by atoms with Crippen LogP contribution >= 0.6 is 0 Å². The highest BCUT2D eigenvalue weighted by Crippen LogP contribution is 2.28. The fourth-order valence-electron chi connectivity index (χ4n) is 2.09.